The fraction of sp³-hybridized carbons (Fsp3) is 0.500. The summed E-state index contributed by atoms with van der Waals surface area (Å²) in [6.07, 6.45) is 0. The first-order valence-electron chi connectivity index (χ1n) is 0.928. The van der Waals surface area contributed by atoms with Crippen molar-refractivity contribution in [3.63, 3.8) is 0 Å². The van der Waals surface area contributed by atoms with Gasteiger partial charge in [0.15, 0.2) is 0 Å². The number of carboxylic acid groups (broad SMARTS) is 1. The van der Waals surface area contributed by atoms with Crippen molar-refractivity contribution in [1.29, 1.82) is 0 Å². The van der Waals surface area contributed by atoms with Crippen LogP contribution in [0.15, 0.2) is 0 Å². The second-order valence-electron chi connectivity index (χ2n) is 0.519. The number of rotatable bonds is 0. The maximum atomic E-state index is 9.00. The molecule has 6 heteroatoms. The summed E-state index contributed by atoms with van der Waals surface area (Å²) in [6, 6.07) is 0. The molecule has 0 aliphatic carbocycles. The molecule has 0 amide bonds. The average Bonchev–Trinajstić information content (AvgIpc) is 0.811. The SMILES string of the molecule is CC(=O)O.[KH].[KH].[KH].[KH]. The monoisotopic (exact) mass is 220 g/mol. The van der Waals surface area contributed by atoms with E-state index in [-0.39, 0.29) is 206 Å². The molecule has 0 aromatic carbocycles. The van der Waals surface area contributed by atoms with Gasteiger partial charge in [0.05, 0.1) is 0 Å². The fourth-order valence-electron chi connectivity index (χ4n) is 0. The number of carboxylic acids is 1. The summed E-state index contributed by atoms with van der Waals surface area (Å²) in [5, 5.41) is 7.42. The van der Waals surface area contributed by atoms with Crippen LogP contribution >= 0.6 is 0 Å². The van der Waals surface area contributed by atoms with Gasteiger partial charge in [-0.2, -0.15) is 0 Å². The molecule has 2 nitrogen and oxygen atoms in total. The standard InChI is InChI=1S/C2H4O2.4K.4H/c1-2(3)4;;;;;;;;/h1H3,(H,3,4);;;;;;;;. The molecule has 0 bridgehead atoms. The van der Waals surface area contributed by atoms with E-state index in [0.29, 0.717) is 0 Å². The van der Waals surface area contributed by atoms with E-state index in [2.05, 4.69) is 0 Å². The second kappa shape index (κ2) is 23.1. The molecule has 0 rings (SSSR count). The van der Waals surface area contributed by atoms with Gasteiger partial charge >= 0.3 is 206 Å². The molecule has 1 N–H and O–H groups in total. The Kier molecular flexibility index (Phi) is 84.4. The van der Waals surface area contributed by atoms with E-state index in [1.807, 2.05) is 0 Å². The van der Waals surface area contributed by atoms with Gasteiger partial charge in [0.25, 0.3) is 5.97 Å². The van der Waals surface area contributed by atoms with Crippen molar-refractivity contribution >= 4 is 212 Å². The zero-order valence-electron chi connectivity index (χ0n) is 2.36. The molecule has 0 atom stereocenters. The third-order valence-corrected chi connectivity index (χ3v) is 0. The molecule has 8 heavy (non-hydrogen) atoms. The molecular weight excluding hydrogens is 212 g/mol. The first-order chi connectivity index (χ1) is 1.73. The minimum atomic E-state index is -0.833. The van der Waals surface area contributed by atoms with E-state index < -0.39 is 5.97 Å². The Morgan fingerprint density at radius 1 is 1.12 bits per heavy atom. The van der Waals surface area contributed by atoms with Crippen molar-refractivity contribution in [2.75, 3.05) is 0 Å². The van der Waals surface area contributed by atoms with E-state index in [1.165, 1.54) is 0 Å². The van der Waals surface area contributed by atoms with E-state index in [0.717, 1.165) is 6.92 Å². The fourth-order valence-corrected chi connectivity index (χ4v) is 0. The van der Waals surface area contributed by atoms with Crippen LogP contribution in [-0.4, -0.2) is 217 Å². The van der Waals surface area contributed by atoms with Crippen LogP contribution in [0.1, 0.15) is 6.92 Å². The molecule has 0 saturated heterocycles. The zero-order valence-corrected chi connectivity index (χ0v) is 2.36. The molecule has 0 fully saturated rings. The van der Waals surface area contributed by atoms with Crippen molar-refractivity contribution in [1.82, 2.24) is 0 Å². The van der Waals surface area contributed by atoms with Crippen LogP contribution in [-0.2, 0) is 4.79 Å². The summed E-state index contributed by atoms with van der Waals surface area (Å²) in [4.78, 5) is 9.00. The van der Waals surface area contributed by atoms with Crippen LogP contribution in [0, 0.1) is 0 Å². The van der Waals surface area contributed by atoms with Gasteiger partial charge in [-0.05, 0) is 0 Å². The predicted octanol–water partition coefficient (Wildman–Crippen LogP) is -2.50. The van der Waals surface area contributed by atoms with Crippen LogP contribution in [0.4, 0.5) is 0 Å². The maximum absolute atomic E-state index is 9.00. The third kappa shape index (κ3) is 40.3. The molecule has 0 aliphatic heterocycles. The first kappa shape index (κ1) is 29.2. The summed E-state index contributed by atoms with van der Waals surface area (Å²) < 4.78 is 0. The van der Waals surface area contributed by atoms with Crippen molar-refractivity contribution in [2.45, 2.75) is 6.92 Å². The van der Waals surface area contributed by atoms with Gasteiger partial charge in [-0.15, -0.1) is 0 Å². The van der Waals surface area contributed by atoms with Crippen LogP contribution in [0.3, 0.4) is 0 Å². The van der Waals surface area contributed by atoms with Gasteiger partial charge < -0.3 is 5.11 Å². The topological polar surface area (TPSA) is 37.3 Å². The third-order valence-electron chi connectivity index (χ3n) is 0. The Bertz CT molecular complexity index is 35.0. The van der Waals surface area contributed by atoms with Crippen LogP contribution < -0.4 is 0 Å². The zero-order chi connectivity index (χ0) is 3.58. The quantitative estimate of drug-likeness (QED) is 0.458. The van der Waals surface area contributed by atoms with Gasteiger partial charge in [-0.3, -0.25) is 4.79 Å². The predicted molar refractivity (Wildman–Crippen MR) is 41.9 cm³/mol. The van der Waals surface area contributed by atoms with Crippen LogP contribution in [0.25, 0.3) is 0 Å². The van der Waals surface area contributed by atoms with Gasteiger partial charge in [0.1, 0.15) is 0 Å². The Morgan fingerprint density at radius 2 is 1.12 bits per heavy atom. The van der Waals surface area contributed by atoms with Crippen LogP contribution in [0.2, 0.25) is 0 Å². The van der Waals surface area contributed by atoms with E-state index in [4.69, 9.17) is 9.90 Å². The molecule has 0 aromatic heterocycles. The van der Waals surface area contributed by atoms with Crippen molar-refractivity contribution in [3.8, 4) is 0 Å². The second-order valence-corrected chi connectivity index (χ2v) is 0.519. The summed E-state index contributed by atoms with van der Waals surface area (Å²) >= 11 is 0. The summed E-state index contributed by atoms with van der Waals surface area (Å²) in [5.74, 6) is -0.833. The van der Waals surface area contributed by atoms with Crippen molar-refractivity contribution < 1.29 is 9.90 Å². The van der Waals surface area contributed by atoms with E-state index >= 15 is 0 Å². The molecule has 0 unspecified atom stereocenters. The molecule has 0 radical (unpaired) electrons. The Labute approximate surface area is 220 Å². The number of aliphatic carboxylic acids is 1. The van der Waals surface area contributed by atoms with Crippen molar-refractivity contribution in [2.24, 2.45) is 0 Å². The molecular formula is C2H8K4O2. The molecule has 32 valence electrons. The van der Waals surface area contributed by atoms with Gasteiger partial charge in [-0.25, -0.2) is 0 Å². The normalized spacial score (nSPS) is 3.12. The van der Waals surface area contributed by atoms with Crippen molar-refractivity contribution in [3.05, 3.63) is 0 Å². The van der Waals surface area contributed by atoms with Gasteiger partial charge in [-0.1, -0.05) is 0 Å². The molecule has 0 aromatic rings. The Hall–Kier alpha value is 6.02. The molecule has 0 spiro atoms. The number of hydrogen-bond acceptors (Lipinski definition) is 1. The number of carbonyl (C=O) groups is 1. The van der Waals surface area contributed by atoms with Gasteiger partial charge in [0.2, 0.25) is 0 Å². The van der Waals surface area contributed by atoms with Crippen LogP contribution in [0.5, 0.6) is 0 Å². The Morgan fingerprint density at radius 3 is 1.12 bits per heavy atom. The number of hydrogen-bond donors (Lipinski definition) is 1. The summed E-state index contributed by atoms with van der Waals surface area (Å²) in [6.45, 7) is 1.08. The van der Waals surface area contributed by atoms with Gasteiger partial charge in [0, 0.05) is 6.92 Å². The minimum absolute atomic E-state index is 0. The Balaban J connectivity index is -0.00000000750. The van der Waals surface area contributed by atoms with E-state index in [1.54, 1.807) is 0 Å². The molecule has 0 heterocycles. The summed E-state index contributed by atoms with van der Waals surface area (Å²) in [5.41, 5.74) is 0. The molecule has 0 saturated carbocycles. The average molecular weight is 220 g/mol. The summed E-state index contributed by atoms with van der Waals surface area (Å²) in [7, 11) is 0. The first-order valence-corrected chi connectivity index (χ1v) is 0.928. The van der Waals surface area contributed by atoms with E-state index in [9.17, 15) is 0 Å². The molecule has 0 aliphatic rings.